The third-order valence-electron chi connectivity index (χ3n) is 5.69. The van der Waals surface area contributed by atoms with Gasteiger partial charge < -0.3 is 14.8 Å². The molecule has 1 aliphatic heterocycles. The molecular weight excluding hydrogens is 517 g/mol. The molecule has 0 aliphatic carbocycles. The summed E-state index contributed by atoms with van der Waals surface area (Å²) in [5.74, 6) is -1.39. The first-order valence-electron chi connectivity index (χ1n) is 11.6. The first-order chi connectivity index (χ1) is 18.2. The van der Waals surface area contributed by atoms with Gasteiger partial charge in [-0.2, -0.15) is 9.37 Å². The smallest absolute Gasteiger partial charge is 0.331 e. The zero-order chi connectivity index (χ0) is 27.2. The number of methoxy groups -OCH3 is 1. The lowest BCUT2D eigenvalue weighted by Gasteiger charge is -2.41. The monoisotopic (exact) mass is 541 g/mol. The van der Waals surface area contributed by atoms with Crippen molar-refractivity contribution in [3.05, 3.63) is 83.3 Å². The third-order valence-corrected chi connectivity index (χ3v) is 5.94. The van der Waals surface area contributed by atoms with Crippen molar-refractivity contribution in [2.75, 3.05) is 19.0 Å². The number of carbonyl (C=O) groups excluding carboxylic acids is 3. The van der Waals surface area contributed by atoms with E-state index in [-0.39, 0.29) is 19.0 Å². The van der Waals surface area contributed by atoms with E-state index in [0.29, 0.717) is 16.5 Å². The number of rotatable bonds is 9. The van der Waals surface area contributed by atoms with E-state index >= 15 is 0 Å². The molecular formula is C26H25ClFN5O5. The van der Waals surface area contributed by atoms with Gasteiger partial charge in [-0.15, -0.1) is 0 Å². The molecule has 2 aromatic carbocycles. The molecule has 1 saturated heterocycles. The zero-order valence-corrected chi connectivity index (χ0v) is 21.3. The number of urea groups is 2. The third kappa shape index (κ3) is 6.48. The van der Waals surface area contributed by atoms with Gasteiger partial charge in [0.25, 0.3) is 0 Å². The van der Waals surface area contributed by atoms with E-state index in [0.717, 1.165) is 10.5 Å². The number of benzene rings is 2. The van der Waals surface area contributed by atoms with Crippen LogP contribution in [0.4, 0.5) is 19.7 Å². The number of hydrogen-bond donors (Lipinski definition) is 2. The average Bonchev–Trinajstić information content (AvgIpc) is 2.90. The fourth-order valence-corrected chi connectivity index (χ4v) is 3.87. The van der Waals surface area contributed by atoms with E-state index in [1.54, 1.807) is 55.5 Å². The number of hydrogen-bond acceptors (Lipinski definition) is 7. The second-order valence-corrected chi connectivity index (χ2v) is 8.93. The fraction of sp³-hybridized carbons (Fsp3) is 0.231. The fourth-order valence-electron chi connectivity index (χ4n) is 3.74. The van der Waals surface area contributed by atoms with Crippen molar-refractivity contribution in [1.29, 1.82) is 0 Å². The maximum absolute atomic E-state index is 13.5. The van der Waals surface area contributed by atoms with Gasteiger partial charge in [-0.25, -0.2) is 14.5 Å². The molecule has 1 aromatic heterocycles. The molecule has 4 amide bonds. The molecule has 2 heterocycles. The van der Waals surface area contributed by atoms with Crippen LogP contribution in [-0.2, 0) is 16.1 Å². The lowest BCUT2D eigenvalue weighted by molar-refractivity contribution is -0.145. The van der Waals surface area contributed by atoms with Crippen molar-refractivity contribution < 1.29 is 28.2 Å². The Labute approximate surface area is 223 Å². The Balaban J connectivity index is 1.52. The number of carbonyl (C=O) groups is 3. The first-order valence-corrected chi connectivity index (χ1v) is 12.0. The number of esters is 1. The van der Waals surface area contributed by atoms with Crippen molar-refractivity contribution >= 4 is 35.3 Å². The van der Waals surface area contributed by atoms with Crippen LogP contribution in [0.5, 0.6) is 11.6 Å². The Hall–Kier alpha value is -4.38. The quantitative estimate of drug-likeness (QED) is 0.295. The molecule has 198 valence electrons. The summed E-state index contributed by atoms with van der Waals surface area (Å²) in [7, 11) is 1.24. The number of aromatic nitrogens is 1. The maximum atomic E-state index is 13.5. The minimum Gasteiger partial charge on any atom is -0.469 e. The van der Waals surface area contributed by atoms with Gasteiger partial charge in [0, 0.05) is 23.3 Å². The molecule has 12 heteroatoms. The molecule has 1 unspecified atom stereocenters. The van der Waals surface area contributed by atoms with Gasteiger partial charge in [-0.3, -0.25) is 15.0 Å². The van der Waals surface area contributed by atoms with Gasteiger partial charge in [-0.1, -0.05) is 36.7 Å². The van der Waals surface area contributed by atoms with Crippen molar-refractivity contribution in [2.24, 2.45) is 5.92 Å². The van der Waals surface area contributed by atoms with E-state index in [1.807, 2.05) is 0 Å². The van der Waals surface area contributed by atoms with E-state index in [1.165, 1.54) is 30.2 Å². The number of pyridine rings is 1. The molecule has 38 heavy (non-hydrogen) atoms. The van der Waals surface area contributed by atoms with Crippen LogP contribution in [-0.4, -0.2) is 52.8 Å². The van der Waals surface area contributed by atoms with Crippen molar-refractivity contribution in [3.8, 4) is 11.6 Å². The molecule has 0 bridgehead atoms. The lowest BCUT2D eigenvalue weighted by atomic mass is 10.1. The van der Waals surface area contributed by atoms with Crippen LogP contribution in [0.1, 0.15) is 12.5 Å². The van der Waals surface area contributed by atoms with E-state index < -0.39 is 36.2 Å². The highest BCUT2D eigenvalue weighted by Crippen LogP contribution is 2.24. The Morgan fingerprint density at radius 2 is 1.84 bits per heavy atom. The lowest BCUT2D eigenvalue weighted by Crippen LogP contribution is -2.67. The normalized spacial score (nSPS) is 16.1. The Kier molecular flexibility index (Phi) is 8.27. The summed E-state index contributed by atoms with van der Waals surface area (Å²) in [4.78, 5) is 44.3. The van der Waals surface area contributed by atoms with Crippen LogP contribution in [0, 0.1) is 11.9 Å². The van der Waals surface area contributed by atoms with Crippen LogP contribution in [0.15, 0.2) is 66.7 Å². The summed E-state index contributed by atoms with van der Waals surface area (Å²) in [5, 5.41) is 6.45. The number of nitrogens with one attached hydrogen (secondary N) is 2. The number of nitrogens with zero attached hydrogens (tertiary/aromatic N) is 3. The Morgan fingerprint density at radius 3 is 2.50 bits per heavy atom. The molecule has 2 N–H and O–H groups in total. The summed E-state index contributed by atoms with van der Waals surface area (Å²) in [6, 6.07) is 16.6. The van der Waals surface area contributed by atoms with Gasteiger partial charge >= 0.3 is 18.0 Å². The molecule has 3 aromatic rings. The van der Waals surface area contributed by atoms with Crippen molar-refractivity contribution in [2.45, 2.75) is 19.8 Å². The predicted molar refractivity (Wildman–Crippen MR) is 137 cm³/mol. The highest BCUT2D eigenvalue weighted by Gasteiger charge is 2.39. The predicted octanol–water partition coefficient (Wildman–Crippen LogP) is 4.82. The molecule has 0 spiro atoms. The van der Waals surface area contributed by atoms with E-state index in [2.05, 4.69) is 15.6 Å². The van der Waals surface area contributed by atoms with Gasteiger partial charge in [-0.05, 0) is 48.0 Å². The van der Waals surface area contributed by atoms with Gasteiger partial charge in [0.2, 0.25) is 11.8 Å². The SMILES string of the molecule is COC(=O)[C@@H](C)CN1C(=O)NC(Nc2ccc(Oc3cccc(F)n3)cc2)N(Cc2ccc(Cl)cc2)C1=O. The standard InChI is InChI=1S/C26H25ClFN5O5/c1-16(23(34)37-2)14-33-25(35)31-24(32(26(33)36)15-17-6-8-18(27)9-7-17)29-19-10-12-20(13-11-19)38-22-5-3-4-21(28)30-22/h3-13,16,24,29H,14-15H2,1-2H3,(H,31,35)/t16-,24?/m0/s1. The second kappa shape index (κ2) is 11.8. The minimum atomic E-state index is -0.910. The molecule has 1 fully saturated rings. The number of ether oxygens (including phenoxy) is 2. The number of halogens is 2. The molecule has 1 aliphatic rings. The summed E-state index contributed by atoms with van der Waals surface area (Å²) < 4.78 is 23.6. The van der Waals surface area contributed by atoms with Gasteiger partial charge in [0.1, 0.15) is 5.75 Å². The van der Waals surface area contributed by atoms with Crippen LogP contribution >= 0.6 is 11.6 Å². The molecule has 0 radical (unpaired) electrons. The number of amides is 4. The van der Waals surface area contributed by atoms with Crippen LogP contribution in [0.25, 0.3) is 0 Å². The van der Waals surface area contributed by atoms with Crippen LogP contribution in [0.3, 0.4) is 0 Å². The zero-order valence-electron chi connectivity index (χ0n) is 20.6. The highest BCUT2D eigenvalue weighted by atomic mass is 35.5. The highest BCUT2D eigenvalue weighted by molar-refractivity contribution is 6.30. The number of anilines is 1. The van der Waals surface area contributed by atoms with Crippen molar-refractivity contribution in [1.82, 2.24) is 20.1 Å². The molecule has 4 rings (SSSR count). The van der Waals surface area contributed by atoms with Gasteiger partial charge in [0.05, 0.1) is 19.6 Å². The maximum Gasteiger partial charge on any atom is 0.331 e. The molecule has 10 nitrogen and oxygen atoms in total. The van der Waals surface area contributed by atoms with Crippen LogP contribution in [0.2, 0.25) is 5.02 Å². The van der Waals surface area contributed by atoms with Gasteiger partial charge in [0.15, 0.2) is 6.29 Å². The summed E-state index contributed by atoms with van der Waals surface area (Å²) >= 11 is 6.00. The van der Waals surface area contributed by atoms with E-state index in [9.17, 15) is 18.8 Å². The van der Waals surface area contributed by atoms with Crippen LogP contribution < -0.4 is 15.4 Å². The molecule has 2 atom stereocenters. The Bertz CT molecular complexity index is 1310. The largest absolute Gasteiger partial charge is 0.469 e. The first kappa shape index (κ1) is 26.7. The molecule has 0 saturated carbocycles. The summed E-state index contributed by atoms with van der Waals surface area (Å²) in [5.41, 5.74) is 1.35. The number of imide groups is 1. The average molecular weight is 542 g/mol. The second-order valence-electron chi connectivity index (χ2n) is 8.49. The summed E-state index contributed by atoms with van der Waals surface area (Å²) in [6.07, 6.45) is -0.910. The van der Waals surface area contributed by atoms with Crippen molar-refractivity contribution in [3.63, 3.8) is 0 Å². The Morgan fingerprint density at radius 1 is 1.13 bits per heavy atom. The minimum absolute atomic E-state index is 0.103. The topological polar surface area (TPSA) is 113 Å². The summed E-state index contributed by atoms with van der Waals surface area (Å²) in [6.45, 7) is 1.56. The van der Waals surface area contributed by atoms with E-state index in [4.69, 9.17) is 21.1 Å².